The Morgan fingerprint density at radius 3 is 2.66 bits per heavy atom. The first-order valence-electron chi connectivity index (χ1n) is 11.5. The van der Waals surface area contributed by atoms with Crippen LogP contribution in [0.4, 0.5) is 38.4 Å². The summed E-state index contributed by atoms with van der Waals surface area (Å²) in [7, 11) is 1.82. The summed E-state index contributed by atoms with van der Waals surface area (Å²) >= 11 is 0. The molecule has 1 fully saturated rings. The predicted molar refractivity (Wildman–Crippen MR) is 131 cm³/mol. The third-order valence-corrected chi connectivity index (χ3v) is 5.53. The molecule has 0 spiro atoms. The van der Waals surface area contributed by atoms with E-state index in [1.54, 1.807) is 60.9 Å². The molecule has 1 saturated carbocycles. The zero-order valence-corrected chi connectivity index (χ0v) is 20.1. The van der Waals surface area contributed by atoms with Gasteiger partial charge in [0, 0.05) is 36.7 Å². The molecule has 182 valence electrons. The van der Waals surface area contributed by atoms with Gasteiger partial charge in [-0.25, -0.2) is 19.5 Å². The lowest BCUT2D eigenvalue weighted by molar-refractivity contribution is 0.0636. The predicted octanol–water partition coefficient (Wildman–Crippen LogP) is 4.54. The van der Waals surface area contributed by atoms with Crippen molar-refractivity contribution in [1.82, 2.24) is 24.6 Å². The molecule has 5 rings (SSSR count). The van der Waals surface area contributed by atoms with Crippen LogP contribution in [0.1, 0.15) is 39.2 Å². The number of rotatable bonds is 5. The molecule has 0 radical (unpaired) electrons. The minimum Gasteiger partial charge on any atom is -0.444 e. The van der Waals surface area contributed by atoms with Crippen molar-refractivity contribution in [1.29, 1.82) is 0 Å². The van der Waals surface area contributed by atoms with Crippen molar-refractivity contribution in [3.05, 3.63) is 48.4 Å². The molecule has 35 heavy (non-hydrogen) atoms. The van der Waals surface area contributed by atoms with E-state index in [9.17, 15) is 9.59 Å². The summed E-state index contributed by atoms with van der Waals surface area (Å²) < 4.78 is 7.03. The first-order chi connectivity index (χ1) is 16.7. The SMILES string of the molecule is Cn1cc(Nc2ncc3c(n2)N(c2cccc(NC(=O)OC(C)(C)C)c2)C(=O)N(C2CC2)C3)cn1. The van der Waals surface area contributed by atoms with Gasteiger partial charge in [0.2, 0.25) is 5.95 Å². The molecule has 0 atom stereocenters. The average molecular weight is 477 g/mol. The Bertz CT molecular complexity index is 1280. The average Bonchev–Trinajstić information content (AvgIpc) is 3.54. The van der Waals surface area contributed by atoms with Crippen molar-refractivity contribution in [2.45, 2.75) is 51.8 Å². The Balaban J connectivity index is 1.48. The first-order valence-corrected chi connectivity index (χ1v) is 11.5. The first kappa shape index (κ1) is 22.6. The normalized spacial score (nSPS) is 15.6. The summed E-state index contributed by atoms with van der Waals surface area (Å²) in [6.45, 7) is 5.86. The fourth-order valence-corrected chi connectivity index (χ4v) is 3.90. The third-order valence-electron chi connectivity index (χ3n) is 5.53. The lowest BCUT2D eigenvalue weighted by Crippen LogP contribution is -2.46. The summed E-state index contributed by atoms with van der Waals surface area (Å²) in [5, 5.41) is 10.0. The molecular formula is C24H28N8O3. The number of ether oxygens (including phenoxy) is 1. The van der Waals surface area contributed by atoms with Crippen LogP contribution < -0.4 is 15.5 Å². The van der Waals surface area contributed by atoms with Crippen LogP contribution in [0, 0.1) is 0 Å². The number of aromatic nitrogens is 4. The van der Waals surface area contributed by atoms with Gasteiger partial charge in [-0.3, -0.25) is 10.00 Å². The summed E-state index contributed by atoms with van der Waals surface area (Å²) in [4.78, 5) is 38.5. The second-order valence-corrected chi connectivity index (χ2v) is 9.72. The highest BCUT2D eigenvalue weighted by molar-refractivity contribution is 6.02. The molecule has 2 aromatic heterocycles. The van der Waals surface area contributed by atoms with E-state index in [1.165, 1.54) is 0 Å². The lowest BCUT2D eigenvalue weighted by Gasteiger charge is -2.36. The van der Waals surface area contributed by atoms with Gasteiger partial charge in [-0.1, -0.05) is 6.07 Å². The van der Waals surface area contributed by atoms with Gasteiger partial charge in [-0.15, -0.1) is 0 Å². The second-order valence-electron chi connectivity index (χ2n) is 9.72. The van der Waals surface area contributed by atoms with E-state index >= 15 is 0 Å². The van der Waals surface area contributed by atoms with E-state index in [-0.39, 0.29) is 12.1 Å². The molecular weight excluding hydrogens is 448 g/mol. The topological polar surface area (TPSA) is 118 Å². The van der Waals surface area contributed by atoms with Crippen molar-refractivity contribution < 1.29 is 14.3 Å². The van der Waals surface area contributed by atoms with E-state index < -0.39 is 11.7 Å². The van der Waals surface area contributed by atoms with E-state index in [1.807, 2.05) is 24.2 Å². The smallest absolute Gasteiger partial charge is 0.412 e. The van der Waals surface area contributed by atoms with Crippen LogP contribution in [0.15, 0.2) is 42.9 Å². The number of fused-ring (bicyclic) bond motifs is 1. The molecule has 0 bridgehead atoms. The van der Waals surface area contributed by atoms with Crippen LogP contribution in [0.3, 0.4) is 0 Å². The highest BCUT2D eigenvalue weighted by atomic mass is 16.6. The Hall–Kier alpha value is -4.15. The summed E-state index contributed by atoms with van der Waals surface area (Å²) in [6, 6.07) is 7.14. The van der Waals surface area contributed by atoms with Crippen LogP contribution >= 0.6 is 0 Å². The van der Waals surface area contributed by atoms with Gasteiger partial charge in [0.25, 0.3) is 0 Å². The van der Waals surface area contributed by atoms with Crippen molar-refractivity contribution in [2.24, 2.45) is 7.05 Å². The number of anilines is 5. The minimum atomic E-state index is -0.622. The van der Waals surface area contributed by atoms with E-state index in [2.05, 4.69) is 25.7 Å². The molecule has 0 saturated heterocycles. The maximum Gasteiger partial charge on any atom is 0.412 e. The quantitative estimate of drug-likeness (QED) is 0.555. The van der Waals surface area contributed by atoms with Gasteiger partial charge in [0.05, 0.1) is 24.1 Å². The van der Waals surface area contributed by atoms with Crippen molar-refractivity contribution in [3.8, 4) is 0 Å². The van der Waals surface area contributed by atoms with Crippen molar-refractivity contribution in [3.63, 3.8) is 0 Å². The Morgan fingerprint density at radius 1 is 1.17 bits per heavy atom. The molecule has 3 aromatic rings. The third kappa shape index (κ3) is 5.03. The highest BCUT2D eigenvalue weighted by Gasteiger charge is 2.41. The van der Waals surface area contributed by atoms with Crippen LogP contribution in [-0.4, -0.2) is 48.4 Å². The fourth-order valence-electron chi connectivity index (χ4n) is 3.90. The monoisotopic (exact) mass is 476 g/mol. The lowest BCUT2D eigenvalue weighted by atomic mass is 10.1. The molecule has 1 aromatic carbocycles. The van der Waals surface area contributed by atoms with Gasteiger partial charge in [-0.05, 0) is 51.8 Å². The summed E-state index contributed by atoms with van der Waals surface area (Å²) in [5.74, 6) is 0.861. The number of carbonyl (C=O) groups is 2. The second kappa shape index (κ2) is 8.57. The number of hydrogen-bond donors (Lipinski definition) is 2. The van der Waals surface area contributed by atoms with Crippen LogP contribution in [0.5, 0.6) is 0 Å². The molecule has 11 nitrogen and oxygen atoms in total. The molecule has 2 aliphatic rings. The van der Waals surface area contributed by atoms with Gasteiger partial charge < -0.3 is 15.0 Å². The number of nitrogens with zero attached hydrogens (tertiary/aromatic N) is 6. The zero-order chi connectivity index (χ0) is 24.7. The number of hydrogen-bond acceptors (Lipinski definition) is 7. The largest absolute Gasteiger partial charge is 0.444 e. The number of nitrogens with one attached hydrogen (secondary N) is 2. The molecule has 1 aliphatic heterocycles. The summed E-state index contributed by atoms with van der Waals surface area (Å²) in [6.07, 6.45) is 6.63. The standard InChI is InChI=1S/C24H28N8O3/c1-24(2,3)35-22(33)28-16-6-5-7-19(10-16)32-20-15(13-31(23(32)34)18-8-9-18)11-25-21(29-20)27-17-12-26-30(4)14-17/h5-7,10-12,14,18H,8-9,13H2,1-4H3,(H,28,33)(H,25,27,29). The Kier molecular flexibility index (Phi) is 5.54. The number of amides is 3. The van der Waals surface area contributed by atoms with E-state index in [4.69, 9.17) is 4.74 Å². The minimum absolute atomic E-state index is 0.152. The van der Waals surface area contributed by atoms with Gasteiger partial charge in [0.15, 0.2) is 5.82 Å². The molecule has 1 aliphatic carbocycles. The maximum absolute atomic E-state index is 13.6. The number of aryl methyl sites for hydroxylation is 1. The Labute approximate surface area is 203 Å². The maximum atomic E-state index is 13.6. The van der Waals surface area contributed by atoms with Crippen LogP contribution in [0.25, 0.3) is 0 Å². The zero-order valence-electron chi connectivity index (χ0n) is 20.1. The Morgan fingerprint density at radius 2 is 1.97 bits per heavy atom. The fraction of sp³-hybridized carbons (Fsp3) is 0.375. The van der Waals surface area contributed by atoms with Crippen LogP contribution in [-0.2, 0) is 18.3 Å². The number of benzene rings is 1. The van der Waals surface area contributed by atoms with Crippen molar-refractivity contribution in [2.75, 3.05) is 15.5 Å². The highest BCUT2D eigenvalue weighted by Crippen LogP contribution is 2.39. The van der Waals surface area contributed by atoms with Gasteiger partial charge in [0.1, 0.15) is 5.60 Å². The van der Waals surface area contributed by atoms with E-state index in [0.717, 1.165) is 24.1 Å². The van der Waals surface area contributed by atoms with E-state index in [0.29, 0.717) is 29.7 Å². The van der Waals surface area contributed by atoms with Gasteiger partial charge >= 0.3 is 12.1 Å². The van der Waals surface area contributed by atoms with Crippen molar-refractivity contribution >= 4 is 41.0 Å². The van der Waals surface area contributed by atoms with Crippen LogP contribution in [0.2, 0.25) is 0 Å². The number of urea groups is 1. The molecule has 11 heteroatoms. The molecule has 3 heterocycles. The molecule has 2 N–H and O–H groups in total. The summed E-state index contributed by atoms with van der Waals surface area (Å²) in [5.41, 5.74) is 2.06. The number of carbonyl (C=O) groups excluding carboxylic acids is 2. The molecule has 0 unspecified atom stereocenters. The van der Waals surface area contributed by atoms with Gasteiger partial charge in [-0.2, -0.15) is 10.1 Å². The molecule has 3 amide bonds.